The molecule has 0 radical (unpaired) electrons. The lowest BCUT2D eigenvalue weighted by Gasteiger charge is -2.33. The molecule has 2 aromatic heterocycles. The molecule has 27 heavy (non-hydrogen) atoms. The molecule has 1 saturated heterocycles. The fourth-order valence-electron chi connectivity index (χ4n) is 3.38. The Morgan fingerprint density at radius 3 is 2.74 bits per heavy atom. The first-order chi connectivity index (χ1) is 12.9. The number of carbonyl (C=O) groups is 1. The fraction of sp³-hybridized carbons (Fsp3) is 0.474. The van der Waals surface area contributed by atoms with Gasteiger partial charge in [-0.15, -0.1) is 0 Å². The number of rotatable bonds is 2. The van der Waals surface area contributed by atoms with Crippen molar-refractivity contribution in [1.82, 2.24) is 19.7 Å². The maximum absolute atomic E-state index is 12.2. The molecule has 0 aromatic carbocycles. The SMILES string of the molecule is CC(C)(C)OC(=O)N1CCC(n2cc(-c3cnc4c(c3)[NH2+]N=C4)cn2)CC1. The standard InChI is InChI=1S/C19H24N6O2/c1-19(2,3)27-18(26)24-6-4-15(5-7-24)25-12-14(10-22-25)13-8-16-17(20-9-13)11-21-23-16/h8-12,15H,4-7H2,1-3H3,(H,21,23)/p+1. The van der Waals surface area contributed by atoms with Crippen molar-refractivity contribution < 1.29 is 15.0 Å². The summed E-state index contributed by atoms with van der Waals surface area (Å²) in [5.41, 5.74) is 5.37. The molecular formula is C19H25N6O2+. The molecule has 142 valence electrons. The van der Waals surface area contributed by atoms with Gasteiger partial charge in [0.25, 0.3) is 0 Å². The highest BCUT2D eigenvalue weighted by Gasteiger charge is 2.28. The number of nitrogens with zero attached hydrogens (tertiary/aromatic N) is 5. The maximum atomic E-state index is 12.2. The van der Waals surface area contributed by atoms with E-state index in [9.17, 15) is 4.79 Å². The first kappa shape index (κ1) is 17.7. The van der Waals surface area contributed by atoms with E-state index in [1.807, 2.05) is 43.3 Å². The van der Waals surface area contributed by atoms with Gasteiger partial charge in [0.2, 0.25) is 0 Å². The molecule has 2 N–H and O–H groups in total. The van der Waals surface area contributed by atoms with E-state index in [0.29, 0.717) is 13.1 Å². The largest absolute Gasteiger partial charge is 0.444 e. The number of ether oxygens (including phenoxy) is 1. The molecule has 8 nitrogen and oxygen atoms in total. The van der Waals surface area contributed by atoms with Crippen molar-refractivity contribution in [2.24, 2.45) is 5.10 Å². The number of carbonyl (C=O) groups excluding carboxylic acids is 1. The number of nitrogens with two attached hydrogens (primary N) is 1. The predicted octanol–water partition coefficient (Wildman–Crippen LogP) is 2.06. The second kappa shape index (κ2) is 6.77. The van der Waals surface area contributed by atoms with Crippen LogP contribution in [0.3, 0.4) is 0 Å². The third-order valence-electron chi connectivity index (χ3n) is 4.79. The average Bonchev–Trinajstić information content (AvgIpc) is 3.29. The highest BCUT2D eigenvalue weighted by Crippen LogP contribution is 2.27. The summed E-state index contributed by atoms with van der Waals surface area (Å²) in [6.07, 6.45) is 9.06. The van der Waals surface area contributed by atoms with Crippen molar-refractivity contribution in [2.75, 3.05) is 13.1 Å². The molecule has 0 spiro atoms. The van der Waals surface area contributed by atoms with Crippen molar-refractivity contribution in [3.8, 4) is 11.1 Å². The van der Waals surface area contributed by atoms with Crippen molar-refractivity contribution in [3.05, 3.63) is 30.4 Å². The van der Waals surface area contributed by atoms with E-state index < -0.39 is 5.60 Å². The van der Waals surface area contributed by atoms with Crippen molar-refractivity contribution >= 4 is 18.0 Å². The van der Waals surface area contributed by atoms with Crippen LogP contribution in [0.2, 0.25) is 0 Å². The minimum atomic E-state index is -0.461. The second-order valence-electron chi connectivity index (χ2n) is 8.01. The number of fused-ring (bicyclic) bond motifs is 1. The van der Waals surface area contributed by atoms with Gasteiger partial charge in [0.05, 0.1) is 12.2 Å². The third kappa shape index (κ3) is 3.85. The quantitative estimate of drug-likeness (QED) is 0.821. The number of pyridine rings is 1. The minimum Gasteiger partial charge on any atom is -0.444 e. The number of hydrogen-bond donors (Lipinski definition) is 1. The Balaban J connectivity index is 1.39. The van der Waals surface area contributed by atoms with E-state index in [0.717, 1.165) is 35.3 Å². The van der Waals surface area contributed by atoms with E-state index in [1.54, 1.807) is 11.1 Å². The Bertz CT molecular complexity index is 875. The number of piperidine rings is 1. The van der Waals surface area contributed by atoms with Crippen LogP contribution in [0.25, 0.3) is 11.1 Å². The van der Waals surface area contributed by atoms with Crippen LogP contribution >= 0.6 is 0 Å². The molecular weight excluding hydrogens is 344 g/mol. The zero-order chi connectivity index (χ0) is 19.0. The molecule has 4 rings (SSSR count). The van der Waals surface area contributed by atoms with E-state index in [-0.39, 0.29) is 12.1 Å². The zero-order valence-electron chi connectivity index (χ0n) is 15.9. The first-order valence-electron chi connectivity index (χ1n) is 9.28. The van der Waals surface area contributed by atoms with Gasteiger partial charge in [-0.3, -0.25) is 4.68 Å². The molecule has 2 aliphatic rings. The first-order valence-corrected chi connectivity index (χ1v) is 9.28. The summed E-state index contributed by atoms with van der Waals surface area (Å²) < 4.78 is 7.47. The zero-order valence-corrected chi connectivity index (χ0v) is 15.9. The van der Waals surface area contributed by atoms with Gasteiger partial charge in [-0.1, -0.05) is 5.10 Å². The fourth-order valence-corrected chi connectivity index (χ4v) is 3.38. The average molecular weight is 369 g/mol. The summed E-state index contributed by atoms with van der Waals surface area (Å²) in [4.78, 5) is 18.4. The van der Waals surface area contributed by atoms with E-state index in [2.05, 4.69) is 27.4 Å². The Morgan fingerprint density at radius 1 is 1.22 bits per heavy atom. The second-order valence-corrected chi connectivity index (χ2v) is 8.01. The van der Waals surface area contributed by atoms with Gasteiger partial charge >= 0.3 is 6.09 Å². The number of aromatic nitrogens is 3. The predicted molar refractivity (Wildman–Crippen MR) is 101 cm³/mol. The van der Waals surface area contributed by atoms with Crippen LogP contribution in [0, 0.1) is 0 Å². The van der Waals surface area contributed by atoms with Crippen LogP contribution in [0.15, 0.2) is 29.8 Å². The lowest BCUT2D eigenvalue weighted by atomic mass is 10.1. The van der Waals surface area contributed by atoms with Crippen LogP contribution in [0.1, 0.15) is 45.3 Å². The summed E-state index contributed by atoms with van der Waals surface area (Å²) in [5.74, 6) is 0. The molecule has 1 fully saturated rings. The van der Waals surface area contributed by atoms with Gasteiger partial charge < -0.3 is 9.64 Å². The van der Waals surface area contributed by atoms with Crippen LogP contribution in [-0.2, 0) is 4.74 Å². The van der Waals surface area contributed by atoms with Gasteiger partial charge in [0.15, 0.2) is 5.69 Å². The van der Waals surface area contributed by atoms with Gasteiger partial charge in [0, 0.05) is 42.7 Å². The molecule has 8 heteroatoms. The molecule has 2 aliphatic heterocycles. The molecule has 4 heterocycles. The highest BCUT2D eigenvalue weighted by atomic mass is 16.6. The van der Waals surface area contributed by atoms with Gasteiger partial charge in [0.1, 0.15) is 17.5 Å². The number of hydrogen-bond acceptors (Lipinski definition) is 5. The number of amides is 1. The van der Waals surface area contributed by atoms with Crippen molar-refractivity contribution in [2.45, 2.75) is 45.3 Å². The maximum Gasteiger partial charge on any atom is 0.410 e. The molecule has 0 saturated carbocycles. The Kier molecular flexibility index (Phi) is 4.43. The normalized spacial score (nSPS) is 17.2. The lowest BCUT2D eigenvalue weighted by molar-refractivity contribution is -0.573. The smallest absolute Gasteiger partial charge is 0.410 e. The molecule has 0 aliphatic carbocycles. The number of quaternary nitrogens is 1. The molecule has 0 bridgehead atoms. The van der Waals surface area contributed by atoms with Gasteiger partial charge in [-0.2, -0.15) is 10.5 Å². The number of likely N-dealkylation sites (tertiary alicyclic amines) is 1. The molecule has 1 amide bonds. The lowest BCUT2D eigenvalue weighted by Crippen LogP contribution is -2.69. The Morgan fingerprint density at radius 2 is 2.00 bits per heavy atom. The molecule has 0 unspecified atom stereocenters. The summed E-state index contributed by atoms with van der Waals surface area (Å²) >= 11 is 0. The van der Waals surface area contributed by atoms with Crippen LogP contribution in [-0.4, -0.2) is 50.7 Å². The summed E-state index contributed by atoms with van der Waals surface area (Å²) in [6, 6.07) is 2.37. The monoisotopic (exact) mass is 369 g/mol. The summed E-state index contributed by atoms with van der Waals surface area (Å²) in [7, 11) is 0. The third-order valence-corrected chi connectivity index (χ3v) is 4.79. The van der Waals surface area contributed by atoms with E-state index >= 15 is 0 Å². The summed E-state index contributed by atoms with van der Waals surface area (Å²) in [6.45, 7) is 7.03. The van der Waals surface area contributed by atoms with Crippen LogP contribution in [0.5, 0.6) is 0 Å². The van der Waals surface area contributed by atoms with Gasteiger partial charge in [-0.25, -0.2) is 9.78 Å². The molecule has 0 atom stereocenters. The van der Waals surface area contributed by atoms with E-state index in [4.69, 9.17) is 4.74 Å². The Hall–Kier alpha value is -2.74. The highest BCUT2D eigenvalue weighted by molar-refractivity contribution is 5.85. The van der Waals surface area contributed by atoms with Crippen molar-refractivity contribution in [1.29, 1.82) is 0 Å². The van der Waals surface area contributed by atoms with Gasteiger partial charge in [-0.05, 0) is 33.6 Å². The van der Waals surface area contributed by atoms with Crippen molar-refractivity contribution in [3.63, 3.8) is 0 Å². The summed E-state index contributed by atoms with van der Waals surface area (Å²) in [5, 5.41) is 8.68. The topological polar surface area (TPSA) is 89.2 Å². The van der Waals surface area contributed by atoms with Crippen LogP contribution in [0.4, 0.5) is 10.5 Å². The van der Waals surface area contributed by atoms with E-state index in [1.165, 1.54) is 0 Å². The molecule has 2 aromatic rings. The van der Waals surface area contributed by atoms with Crippen LogP contribution < -0.4 is 5.43 Å². The Labute approximate surface area is 158 Å². The minimum absolute atomic E-state index is 0.232.